The molecule has 1 aliphatic rings. The third kappa shape index (κ3) is 3.93. The highest BCUT2D eigenvalue weighted by atomic mass is 35.5. The molecule has 1 aliphatic heterocycles. The molecule has 0 amide bonds. The molecule has 0 bridgehead atoms. The second-order valence-corrected chi connectivity index (χ2v) is 5.97. The average molecular weight is 282 g/mol. The van der Waals surface area contributed by atoms with E-state index in [1.54, 1.807) is 0 Å². The van der Waals surface area contributed by atoms with Crippen LogP contribution in [0.25, 0.3) is 0 Å². The van der Waals surface area contributed by atoms with Crippen molar-refractivity contribution in [3.63, 3.8) is 0 Å². The lowest BCUT2D eigenvalue weighted by Gasteiger charge is -2.34. The van der Waals surface area contributed by atoms with E-state index < -0.39 is 0 Å². The monoisotopic (exact) mass is 281 g/mol. The minimum atomic E-state index is 0.377. The molecule has 3 nitrogen and oxygen atoms in total. The van der Waals surface area contributed by atoms with Gasteiger partial charge in [0, 0.05) is 50.2 Å². The number of hydrogen-bond donors (Lipinski definition) is 1. The summed E-state index contributed by atoms with van der Waals surface area (Å²) in [6, 6.07) is 6.11. The van der Waals surface area contributed by atoms with Crippen LogP contribution in [0.3, 0.4) is 0 Å². The molecule has 2 N–H and O–H groups in total. The maximum Gasteiger partial charge on any atom is 0.0409 e. The minimum absolute atomic E-state index is 0.377. The Morgan fingerprint density at radius 1 is 1.26 bits per heavy atom. The molecule has 0 saturated carbocycles. The Bertz CT molecular complexity index is 414. The summed E-state index contributed by atoms with van der Waals surface area (Å²) in [5.41, 5.74) is 8.57. The Morgan fingerprint density at radius 2 is 1.95 bits per heavy atom. The number of halogens is 1. The van der Waals surface area contributed by atoms with E-state index in [0.717, 1.165) is 37.7 Å². The highest BCUT2D eigenvalue weighted by Gasteiger charge is 2.20. The van der Waals surface area contributed by atoms with Gasteiger partial charge in [-0.25, -0.2) is 0 Å². The zero-order valence-corrected chi connectivity index (χ0v) is 12.7. The minimum Gasteiger partial charge on any atom is -0.330 e. The van der Waals surface area contributed by atoms with Crippen LogP contribution in [-0.4, -0.2) is 56.1 Å². The van der Waals surface area contributed by atoms with E-state index >= 15 is 0 Å². The highest BCUT2D eigenvalue weighted by molar-refractivity contribution is 6.30. The second-order valence-electron chi connectivity index (χ2n) is 5.54. The Balaban J connectivity index is 2.05. The third-order valence-corrected chi connectivity index (χ3v) is 4.28. The summed E-state index contributed by atoms with van der Waals surface area (Å²) in [4.78, 5) is 4.89. The van der Waals surface area contributed by atoms with Crippen LogP contribution in [0.15, 0.2) is 18.2 Å². The third-order valence-electron chi connectivity index (χ3n) is 4.04. The Morgan fingerprint density at radius 3 is 2.58 bits per heavy atom. The lowest BCUT2D eigenvalue weighted by molar-refractivity contribution is 0.147. The van der Waals surface area contributed by atoms with Crippen LogP contribution in [0, 0.1) is 6.92 Å². The number of nitrogens with zero attached hydrogens (tertiary/aromatic N) is 2. The van der Waals surface area contributed by atoms with E-state index in [9.17, 15) is 0 Å². The maximum absolute atomic E-state index is 6.12. The standard InChI is InChI=1S/C15H24ClN3/c1-12-3-4-14(16)9-15(12)13(10-17)11-19-7-5-18(2)6-8-19/h3-4,9,13H,5-8,10-11,17H2,1-2H3. The molecule has 0 spiro atoms. The summed E-state index contributed by atoms with van der Waals surface area (Å²) in [6.07, 6.45) is 0. The van der Waals surface area contributed by atoms with Crippen LogP contribution >= 0.6 is 11.6 Å². The predicted molar refractivity (Wildman–Crippen MR) is 81.9 cm³/mol. The van der Waals surface area contributed by atoms with Gasteiger partial charge in [0.1, 0.15) is 0 Å². The molecule has 0 aromatic heterocycles. The molecule has 1 aromatic carbocycles. The maximum atomic E-state index is 6.12. The first-order chi connectivity index (χ1) is 9.10. The van der Waals surface area contributed by atoms with Gasteiger partial charge in [0.05, 0.1) is 0 Å². The van der Waals surface area contributed by atoms with Crippen LogP contribution in [0.4, 0.5) is 0 Å². The van der Waals surface area contributed by atoms with Crippen molar-refractivity contribution in [2.24, 2.45) is 5.73 Å². The van der Waals surface area contributed by atoms with Crippen LogP contribution in [0.1, 0.15) is 17.0 Å². The van der Waals surface area contributed by atoms with Crippen LogP contribution in [-0.2, 0) is 0 Å². The number of rotatable bonds is 4. The zero-order valence-electron chi connectivity index (χ0n) is 11.9. The van der Waals surface area contributed by atoms with Crippen molar-refractivity contribution in [1.29, 1.82) is 0 Å². The van der Waals surface area contributed by atoms with E-state index in [1.165, 1.54) is 11.1 Å². The predicted octanol–water partition coefficient (Wildman–Crippen LogP) is 1.94. The summed E-state index contributed by atoms with van der Waals surface area (Å²) in [7, 11) is 2.18. The Kier molecular flexibility index (Phi) is 5.22. The van der Waals surface area contributed by atoms with Gasteiger partial charge >= 0.3 is 0 Å². The van der Waals surface area contributed by atoms with Gasteiger partial charge in [-0.05, 0) is 37.2 Å². The molecule has 1 unspecified atom stereocenters. The summed E-state index contributed by atoms with van der Waals surface area (Å²) in [6.45, 7) is 8.40. The van der Waals surface area contributed by atoms with Crippen molar-refractivity contribution in [1.82, 2.24) is 9.80 Å². The first-order valence-electron chi connectivity index (χ1n) is 6.97. The molecule has 19 heavy (non-hydrogen) atoms. The van der Waals surface area contributed by atoms with Crippen LogP contribution in [0.2, 0.25) is 5.02 Å². The number of likely N-dealkylation sites (N-methyl/N-ethyl adjacent to an activating group) is 1. The van der Waals surface area contributed by atoms with Crippen LogP contribution in [0.5, 0.6) is 0 Å². The van der Waals surface area contributed by atoms with Gasteiger partial charge < -0.3 is 15.5 Å². The molecule has 1 aromatic rings. The fourth-order valence-corrected chi connectivity index (χ4v) is 2.87. The van der Waals surface area contributed by atoms with E-state index in [1.807, 2.05) is 6.07 Å². The Labute approximate surface area is 121 Å². The fraction of sp³-hybridized carbons (Fsp3) is 0.600. The molecule has 1 saturated heterocycles. The zero-order chi connectivity index (χ0) is 13.8. The van der Waals surface area contributed by atoms with E-state index in [2.05, 4.69) is 35.9 Å². The number of nitrogens with two attached hydrogens (primary N) is 1. The lowest BCUT2D eigenvalue weighted by Crippen LogP contribution is -2.46. The van der Waals surface area contributed by atoms with Crippen molar-refractivity contribution in [2.45, 2.75) is 12.8 Å². The van der Waals surface area contributed by atoms with Crippen molar-refractivity contribution >= 4 is 11.6 Å². The molecule has 0 aliphatic carbocycles. The summed E-state index contributed by atoms with van der Waals surface area (Å²) in [5.74, 6) is 0.377. The second kappa shape index (κ2) is 6.71. The first kappa shape index (κ1) is 14.8. The average Bonchev–Trinajstić information content (AvgIpc) is 2.41. The molecular formula is C15H24ClN3. The first-order valence-corrected chi connectivity index (χ1v) is 7.35. The lowest BCUT2D eigenvalue weighted by atomic mass is 9.94. The molecule has 2 rings (SSSR count). The molecular weight excluding hydrogens is 258 g/mol. The highest BCUT2D eigenvalue weighted by Crippen LogP contribution is 2.24. The number of benzene rings is 1. The van der Waals surface area contributed by atoms with Gasteiger partial charge in [0.15, 0.2) is 0 Å². The normalized spacial score (nSPS) is 19.6. The van der Waals surface area contributed by atoms with Gasteiger partial charge in [0.2, 0.25) is 0 Å². The molecule has 106 valence electrons. The number of aryl methyl sites for hydroxylation is 1. The number of piperazine rings is 1. The fourth-order valence-electron chi connectivity index (χ4n) is 2.69. The molecule has 1 heterocycles. The van der Waals surface area contributed by atoms with Gasteiger partial charge in [-0.1, -0.05) is 17.7 Å². The quantitative estimate of drug-likeness (QED) is 0.915. The largest absolute Gasteiger partial charge is 0.330 e. The summed E-state index contributed by atoms with van der Waals surface area (Å²) in [5, 5.41) is 0.803. The smallest absolute Gasteiger partial charge is 0.0409 e. The van der Waals surface area contributed by atoms with Gasteiger partial charge in [0.25, 0.3) is 0 Å². The topological polar surface area (TPSA) is 32.5 Å². The van der Waals surface area contributed by atoms with Crippen molar-refractivity contribution in [3.8, 4) is 0 Å². The Hall–Kier alpha value is -0.610. The van der Waals surface area contributed by atoms with Crippen molar-refractivity contribution in [3.05, 3.63) is 34.3 Å². The van der Waals surface area contributed by atoms with E-state index in [-0.39, 0.29) is 0 Å². The SMILES string of the molecule is Cc1ccc(Cl)cc1C(CN)CN1CCN(C)CC1. The van der Waals surface area contributed by atoms with Crippen LogP contribution < -0.4 is 5.73 Å². The van der Waals surface area contributed by atoms with E-state index in [0.29, 0.717) is 12.5 Å². The number of hydrogen-bond acceptors (Lipinski definition) is 3. The summed E-state index contributed by atoms with van der Waals surface area (Å²) < 4.78 is 0. The molecule has 1 atom stereocenters. The van der Waals surface area contributed by atoms with Gasteiger partial charge in [-0.15, -0.1) is 0 Å². The molecule has 1 fully saturated rings. The van der Waals surface area contributed by atoms with Gasteiger partial charge in [-0.2, -0.15) is 0 Å². The molecule has 0 radical (unpaired) electrons. The van der Waals surface area contributed by atoms with Crippen molar-refractivity contribution in [2.75, 3.05) is 46.3 Å². The van der Waals surface area contributed by atoms with Crippen molar-refractivity contribution < 1.29 is 0 Å². The van der Waals surface area contributed by atoms with E-state index in [4.69, 9.17) is 17.3 Å². The van der Waals surface area contributed by atoms with Gasteiger partial charge in [-0.3, -0.25) is 0 Å². The summed E-state index contributed by atoms with van der Waals surface area (Å²) >= 11 is 6.12. The molecule has 4 heteroatoms.